The fraction of sp³-hybridized carbons (Fsp3) is 0.421. The Hall–Kier alpha value is -2.83. The average Bonchev–Trinajstić information content (AvgIpc) is 2.62. The summed E-state index contributed by atoms with van der Waals surface area (Å²) in [5.41, 5.74) is 1.03. The minimum absolute atomic E-state index is 0.104. The number of nitrogens with zero attached hydrogens (tertiary/aromatic N) is 1. The van der Waals surface area contributed by atoms with Gasteiger partial charge < -0.3 is 20.1 Å². The van der Waals surface area contributed by atoms with Crippen molar-refractivity contribution in [2.24, 2.45) is 0 Å². The highest BCUT2D eigenvalue weighted by Crippen LogP contribution is 2.31. The van der Waals surface area contributed by atoms with Crippen LogP contribution in [0.4, 0.5) is 0 Å². The molecule has 26 heavy (non-hydrogen) atoms. The number of carbonyl (C=O) groups is 2. The lowest BCUT2D eigenvalue weighted by Gasteiger charge is -2.21. The zero-order valence-corrected chi connectivity index (χ0v) is 14.5. The molecule has 2 heterocycles. The minimum atomic E-state index is -0.837. The monoisotopic (exact) mass is 358 g/mol. The van der Waals surface area contributed by atoms with Crippen molar-refractivity contribution in [3.63, 3.8) is 0 Å². The average molecular weight is 358 g/mol. The third kappa shape index (κ3) is 3.42. The number of aliphatic carboxylic acids is 1. The predicted molar refractivity (Wildman–Crippen MR) is 96.6 cm³/mol. The fourth-order valence-corrected chi connectivity index (χ4v) is 3.49. The molecule has 0 saturated heterocycles. The molecule has 7 heteroatoms. The summed E-state index contributed by atoms with van der Waals surface area (Å²) in [7, 11) is 0. The smallest absolute Gasteiger partial charge is 0.303 e. The Morgan fingerprint density at radius 1 is 1.19 bits per heavy atom. The van der Waals surface area contributed by atoms with Crippen LogP contribution in [0.25, 0.3) is 10.9 Å². The number of carboxylic acids is 1. The zero-order valence-electron chi connectivity index (χ0n) is 14.5. The van der Waals surface area contributed by atoms with Gasteiger partial charge in [-0.2, -0.15) is 0 Å². The molecule has 0 spiro atoms. The van der Waals surface area contributed by atoms with Crippen LogP contribution < -0.4 is 10.9 Å². The van der Waals surface area contributed by atoms with Gasteiger partial charge >= 0.3 is 5.97 Å². The number of carboxylic acid groups (broad SMARTS) is 1. The Bertz CT molecular complexity index is 916. The molecule has 1 aliphatic heterocycles. The number of hydrogen-bond acceptors (Lipinski definition) is 4. The third-order valence-corrected chi connectivity index (χ3v) is 4.75. The molecule has 1 aromatic carbocycles. The van der Waals surface area contributed by atoms with Gasteiger partial charge in [-0.25, -0.2) is 0 Å². The van der Waals surface area contributed by atoms with E-state index in [0.29, 0.717) is 43.3 Å². The van der Waals surface area contributed by atoms with Crippen LogP contribution in [-0.4, -0.2) is 33.2 Å². The SMILES string of the molecule is O=C(O)CCCCCNC(=O)c1c(O)c2cccc3c2n(c1=O)CCC3. The van der Waals surface area contributed by atoms with Crippen molar-refractivity contribution in [3.8, 4) is 5.75 Å². The van der Waals surface area contributed by atoms with Gasteiger partial charge in [0.05, 0.1) is 5.52 Å². The number of para-hydroxylation sites is 1. The molecule has 3 rings (SSSR count). The van der Waals surface area contributed by atoms with Crippen LogP contribution in [0.3, 0.4) is 0 Å². The molecule has 2 aromatic rings. The molecule has 0 fully saturated rings. The quantitative estimate of drug-likeness (QED) is 0.656. The van der Waals surface area contributed by atoms with Gasteiger partial charge in [0.15, 0.2) is 0 Å². The van der Waals surface area contributed by atoms with E-state index < -0.39 is 17.4 Å². The Labute approximate surface area is 150 Å². The number of unbranched alkanes of at least 4 members (excludes halogenated alkanes) is 2. The van der Waals surface area contributed by atoms with E-state index in [2.05, 4.69) is 5.32 Å². The summed E-state index contributed by atoms with van der Waals surface area (Å²) in [5.74, 6) is -1.70. The van der Waals surface area contributed by atoms with Crippen molar-refractivity contribution >= 4 is 22.8 Å². The first-order valence-corrected chi connectivity index (χ1v) is 8.88. The number of hydrogen-bond donors (Lipinski definition) is 3. The van der Waals surface area contributed by atoms with Crippen LogP contribution in [0.1, 0.15) is 48.0 Å². The third-order valence-electron chi connectivity index (χ3n) is 4.75. The molecule has 0 saturated carbocycles. The van der Waals surface area contributed by atoms with Gasteiger partial charge in [-0.05, 0) is 37.3 Å². The van der Waals surface area contributed by atoms with E-state index in [0.717, 1.165) is 18.4 Å². The Kier molecular flexibility index (Phi) is 5.25. The second kappa shape index (κ2) is 7.59. The van der Waals surface area contributed by atoms with Crippen LogP contribution in [0, 0.1) is 0 Å². The summed E-state index contributed by atoms with van der Waals surface area (Å²) >= 11 is 0. The van der Waals surface area contributed by atoms with Crippen molar-refractivity contribution in [2.45, 2.75) is 45.1 Å². The predicted octanol–water partition coefficient (Wildman–Crippen LogP) is 2.03. The van der Waals surface area contributed by atoms with E-state index >= 15 is 0 Å². The topological polar surface area (TPSA) is 109 Å². The highest BCUT2D eigenvalue weighted by molar-refractivity contribution is 6.02. The molecule has 0 aliphatic carbocycles. The number of amides is 1. The van der Waals surface area contributed by atoms with Crippen LogP contribution in [0.15, 0.2) is 23.0 Å². The molecule has 7 nitrogen and oxygen atoms in total. The maximum atomic E-state index is 12.7. The molecular weight excluding hydrogens is 336 g/mol. The van der Waals surface area contributed by atoms with E-state index in [1.807, 2.05) is 12.1 Å². The number of aromatic nitrogens is 1. The lowest BCUT2D eigenvalue weighted by molar-refractivity contribution is -0.137. The number of aryl methyl sites for hydroxylation is 2. The van der Waals surface area contributed by atoms with Gasteiger partial charge in [-0.1, -0.05) is 18.6 Å². The summed E-state index contributed by atoms with van der Waals surface area (Å²) in [6.07, 6.45) is 3.60. The van der Waals surface area contributed by atoms with Crippen LogP contribution >= 0.6 is 0 Å². The van der Waals surface area contributed by atoms with E-state index in [-0.39, 0.29) is 17.7 Å². The van der Waals surface area contributed by atoms with Gasteiger partial charge in [0.25, 0.3) is 11.5 Å². The van der Waals surface area contributed by atoms with E-state index in [1.54, 1.807) is 10.6 Å². The van der Waals surface area contributed by atoms with Crippen molar-refractivity contribution < 1.29 is 19.8 Å². The molecule has 1 aromatic heterocycles. The number of carbonyl (C=O) groups excluding carboxylic acids is 1. The van der Waals surface area contributed by atoms with Crippen molar-refractivity contribution in [1.82, 2.24) is 9.88 Å². The molecule has 1 aliphatic rings. The number of benzene rings is 1. The number of rotatable bonds is 7. The van der Waals surface area contributed by atoms with Gasteiger partial charge in [-0.3, -0.25) is 14.4 Å². The summed E-state index contributed by atoms with van der Waals surface area (Å²) in [5, 5.41) is 22.3. The molecule has 0 bridgehead atoms. The zero-order chi connectivity index (χ0) is 18.7. The second-order valence-corrected chi connectivity index (χ2v) is 6.56. The second-order valence-electron chi connectivity index (χ2n) is 6.56. The highest BCUT2D eigenvalue weighted by Gasteiger charge is 2.24. The van der Waals surface area contributed by atoms with E-state index in [1.165, 1.54) is 0 Å². The Balaban J connectivity index is 1.79. The summed E-state index contributed by atoms with van der Waals surface area (Å²) in [6, 6.07) is 5.48. The van der Waals surface area contributed by atoms with Gasteiger partial charge in [-0.15, -0.1) is 0 Å². The summed E-state index contributed by atoms with van der Waals surface area (Å²) < 4.78 is 1.58. The summed E-state index contributed by atoms with van der Waals surface area (Å²) in [6.45, 7) is 0.859. The lowest BCUT2D eigenvalue weighted by atomic mass is 9.99. The number of pyridine rings is 1. The van der Waals surface area contributed by atoms with Crippen molar-refractivity contribution in [2.75, 3.05) is 6.54 Å². The first-order valence-electron chi connectivity index (χ1n) is 8.88. The van der Waals surface area contributed by atoms with Gasteiger partial charge in [0.2, 0.25) is 0 Å². The van der Waals surface area contributed by atoms with Crippen LogP contribution in [0.2, 0.25) is 0 Å². The standard InChI is InChI=1S/C19H22N2O5/c22-14(23)9-2-1-3-10-20-18(25)15-17(24)13-8-4-6-12-7-5-11-21(16(12)13)19(15)26/h4,6,8,24H,1-3,5,7,9-11H2,(H,20,25)(H,22,23). The number of aromatic hydroxyl groups is 1. The van der Waals surface area contributed by atoms with Crippen molar-refractivity contribution in [1.29, 1.82) is 0 Å². The maximum absolute atomic E-state index is 12.7. The molecule has 3 N–H and O–H groups in total. The van der Waals surface area contributed by atoms with E-state index in [4.69, 9.17) is 5.11 Å². The lowest BCUT2D eigenvalue weighted by Crippen LogP contribution is -2.35. The number of nitrogens with one attached hydrogen (secondary N) is 1. The van der Waals surface area contributed by atoms with E-state index in [9.17, 15) is 19.5 Å². The van der Waals surface area contributed by atoms with Gasteiger partial charge in [0.1, 0.15) is 11.3 Å². The minimum Gasteiger partial charge on any atom is -0.506 e. The van der Waals surface area contributed by atoms with Crippen molar-refractivity contribution in [3.05, 3.63) is 39.7 Å². The molecule has 0 atom stereocenters. The summed E-state index contributed by atoms with van der Waals surface area (Å²) in [4.78, 5) is 35.7. The molecule has 138 valence electrons. The largest absolute Gasteiger partial charge is 0.506 e. The van der Waals surface area contributed by atoms with Gasteiger partial charge in [0, 0.05) is 24.9 Å². The molecule has 1 amide bonds. The highest BCUT2D eigenvalue weighted by atomic mass is 16.4. The normalized spacial score (nSPS) is 12.9. The molecule has 0 unspecified atom stereocenters. The Morgan fingerprint density at radius 3 is 2.77 bits per heavy atom. The van der Waals surface area contributed by atoms with Crippen LogP contribution in [-0.2, 0) is 17.8 Å². The molecular formula is C19H22N2O5. The fourth-order valence-electron chi connectivity index (χ4n) is 3.49. The Morgan fingerprint density at radius 2 is 2.00 bits per heavy atom. The van der Waals surface area contributed by atoms with Crippen LogP contribution in [0.5, 0.6) is 5.75 Å². The molecule has 0 radical (unpaired) electrons. The maximum Gasteiger partial charge on any atom is 0.303 e. The first kappa shape index (κ1) is 18.0. The first-order chi connectivity index (χ1) is 12.5.